The summed E-state index contributed by atoms with van der Waals surface area (Å²) < 4.78 is 0. The summed E-state index contributed by atoms with van der Waals surface area (Å²) in [5.74, 6) is -0.771. The number of carboxylic acid groups (broad SMARTS) is 1. The Balaban J connectivity index is 2.19. The molecule has 2 amide bonds. The molecule has 1 rings (SSSR count). The predicted molar refractivity (Wildman–Crippen MR) is 74.3 cm³/mol. The zero-order valence-electron chi connectivity index (χ0n) is 11.1. The first-order valence-corrected chi connectivity index (χ1v) is 6.39. The summed E-state index contributed by atoms with van der Waals surface area (Å²) in [5, 5.41) is 11.3. The van der Waals surface area contributed by atoms with Gasteiger partial charge < -0.3 is 10.4 Å². The second-order valence-electron chi connectivity index (χ2n) is 4.33. The lowest BCUT2D eigenvalue weighted by Gasteiger charge is -2.17. The van der Waals surface area contributed by atoms with Gasteiger partial charge in [-0.25, -0.2) is 4.79 Å². The number of anilines is 1. The number of aliphatic carboxylic acids is 1. The van der Waals surface area contributed by atoms with Gasteiger partial charge in [0.05, 0.1) is 0 Å². The van der Waals surface area contributed by atoms with Crippen LogP contribution in [0.25, 0.3) is 0 Å². The van der Waals surface area contributed by atoms with Crippen LogP contribution < -0.4 is 10.2 Å². The Morgan fingerprint density at radius 3 is 2.47 bits per heavy atom. The maximum Gasteiger partial charge on any atom is 0.321 e. The van der Waals surface area contributed by atoms with Gasteiger partial charge in [-0.3, -0.25) is 9.69 Å². The molecule has 0 radical (unpaired) electrons. The Kier molecular flexibility index (Phi) is 6.43. The molecule has 0 aliphatic carbocycles. The van der Waals surface area contributed by atoms with Crippen LogP contribution in [-0.4, -0.2) is 30.7 Å². The maximum atomic E-state index is 11.8. The van der Waals surface area contributed by atoms with E-state index in [0.29, 0.717) is 13.0 Å². The van der Waals surface area contributed by atoms with Crippen LogP contribution in [0, 0.1) is 0 Å². The topological polar surface area (TPSA) is 69.6 Å². The summed E-state index contributed by atoms with van der Waals surface area (Å²) in [6.45, 7) is 0.565. The van der Waals surface area contributed by atoms with Crippen molar-refractivity contribution in [3.63, 3.8) is 0 Å². The second kappa shape index (κ2) is 8.13. The van der Waals surface area contributed by atoms with Gasteiger partial charge >= 0.3 is 12.0 Å². The van der Waals surface area contributed by atoms with Crippen molar-refractivity contribution in [3.05, 3.63) is 30.3 Å². The molecule has 0 heterocycles. The van der Waals surface area contributed by atoms with Crippen LogP contribution >= 0.6 is 0 Å². The normalized spacial score (nSPS) is 9.95. The third kappa shape index (κ3) is 5.90. The number of nitrogens with one attached hydrogen (secondary N) is 1. The fourth-order valence-corrected chi connectivity index (χ4v) is 1.66. The minimum atomic E-state index is -0.771. The number of para-hydroxylation sites is 1. The number of hydrogen-bond acceptors (Lipinski definition) is 2. The highest BCUT2D eigenvalue weighted by molar-refractivity contribution is 5.91. The van der Waals surface area contributed by atoms with Gasteiger partial charge in [0.1, 0.15) is 0 Å². The highest BCUT2D eigenvalue weighted by atomic mass is 16.4. The van der Waals surface area contributed by atoms with Gasteiger partial charge in [-0.05, 0) is 25.0 Å². The lowest BCUT2D eigenvalue weighted by molar-refractivity contribution is -0.137. The fourth-order valence-electron chi connectivity index (χ4n) is 1.66. The predicted octanol–water partition coefficient (Wildman–Crippen LogP) is 2.48. The zero-order valence-corrected chi connectivity index (χ0v) is 11.1. The molecular formula is C14H20N2O3. The minimum Gasteiger partial charge on any atom is -0.481 e. The van der Waals surface area contributed by atoms with Crippen molar-refractivity contribution in [2.45, 2.75) is 25.7 Å². The summed E-state index contributed by atoms with van der Waals surface area (Å²) in [6.07, 6.45) is 2.45. The number of amides is 2. The third-order valence-electron chi connectivity index (χ3n) is 2.79. The van der Waals surface area contributed by atoms with E-state index < -0.39 is 5.97 Å². The molecule has 0 bridgehead atoms. The molecule has 2 N–H and O–H groups in total. The number of nitrogens with zero attached hydrogens (tertiary/aromatic N) is 1. The molecule has 0 fully saturated rings. The van der Waals surface area contributed by atoms with E-state index >= 15 is 0 Å². The molecule has 104 valence electrons. The van der Waals surface area contributed by atoms with E-state index in [1.807, 2.05) is 30.3 Å². The molecule has 0 aromatic heterocycles. The summed E-state index contributed by atoms with van der Waals surface area (Å²) in [5.41, 5.74) is 0.839. The summed E-state index contributed by atoms with van der Waals surface area (Å²) in [6, 6.07) is 9.25. The number of urea groups is 1. The Morgan fingerprint density at radius 2 is 1.84 bits per heavy atom. The number of carbonyl (C=O) groups excluding carboxylic acids is 1. The number of rotatable bonds is 7. The number of hydrogen-bond donors (Lipinski definition) is 2. The lowest BCUT2D eigenvalue weighted by Crippen LogP contribution is -2.37. The van der Waals surface area contributed by atoms with Gasteiger partial charge in [0.25, 0.3) is 0 Å². The van der Waals surface area contributed by atoms with Crippen molar-refractivity contribution in [1.82, 2.24) is 5.32 Å². The largest absolute Gasteiger partial charge is 0.481 e. The molecule has 19 heavy (non-hydrogen) atoms. The van der Waals surface area contributed by atoms with E-state index in [0.717, 1.165) is 18.5 Å². The molecule has 1 aromatic rings. The van der Waals surface area contributed by atoms with Gasteiger partial charge in [-0.1, -0.05) is 24.6 Å². The zero-order chi connectivity index (χ0) is 14.1. The van der Waals surface area contributed by atoms with Crippen LogP contribution in [-0.2, 0) is 4.79 Å². The molecule has 0 saturated carbocycles. The summed E-state index contributed by atoms with van der Waals surface area (Å²) >= 11 is 0. The van der Waals surface area contributed by atoms with Gasteiger partial charge in [0.2, 0.25) is 0 Å². The molecule has 5 heteroatoms. The number of carbonyl (C=O) groups is 2. The van der Waals surface area contributed by atoms with Crippen molar-refractivity contribution in [1.29, 1.82) is 0 Å². The van der Waals surface area contributed by atoms with E-state index in [1.165, 1.54) is 0 Å². The molecule has 1 aromatic carbocycles. The first-order chi connectivity index (χ1) is 9.11. The van der Waals surface area contributed by atoms with E-state index in [1.54, 1.807) is 11.9 Å². The summed E-state index contributed by atoms with van der Waals surface area (Å²) in [7, 11) is 1.72. The maximum absolute atomic E-state index is 11.8. The second-order valence-corrected chi connectivity index (χ2v) is 4.33. The molecule has 0 aliphatic rings. The fraction of sp³-hybridized carbons (Fsp3) is 0.429. The van der Waals surface area contributed by atoms with Crippen molar-refractivity contribution < 1.29 is 14.7 Å². The van der Waals surface area contributed by atoms with Crippen LogP contribution in [0.2, 0.25) is 0 Å². The average Bonchev–Trinajstić information content (AvgIpc) is 2.42. The van der Waals surface area contributed by atoms with Gasteiger partial charge in [0, 0.05) is 25.7 Å². The SMILES string of the molecule is CN(C(=O)NCCCCCC(=O)O)c1ccccc1. The molecule has 0 unspecified atom stereocenters. The van der Waals surface area contributed by atoms with Crippen LogP contribution in [0.15, 0.2) is 30.3 Å². The number of carboxylic acids is 1. The van der Waals surface area contributed by atoms with E-state index in [9.17, 15) is 9.59 Å². The first-order valence-electron chi connectivity index (χ1n) is 6.39. The van der Waals surface area contributed by atoms with Crippen molar-refractivity contribution >= 4 is 17.7 Å². The highest BCUT2D eigenvalue weighted by Crippen LogP contribution is 2.10. The monoisotopic (exact) mass is 264 g/mol. The lowest BCUT2D eigenvalue weighted by atomic mass is 10.2. The Hall–Kier alpha value is -2.04. The molecule has 0 saturated heterocycles. The molecule has 0 spiro atoms. The van der Waals surface area contributed by atoms with Crippen LogP contribution in [0.3, 0.4) is 0 Å². The van der Waals surface area contributed by atoms with E-state index in [4.69, 9.17) is 5.11 Å². The van der Waals surface area contributed by atoms with Gasteiger partial charge in [0.15, 0.2) is 0 Å². The van der Waals surface area contributed by atoms with Crippen molar-refractivity contribution in [2.75, 3.05) is 18.5 Å². The minimum absolute atomic E-state index is 0.149. The highest BCUT2D eigenvalue weighted by Gasteiger charge is 2.08. The van der Waals surface area contributed by atoms with E-state index in [2.05, 4.69) is 5.32 Å². The van der Waals surface area contributed by atoms with Crippen LogP contribution in [0.4, 0.5) is 10.5 Å². The molecule has 0 atom stereocenters. The quantitative estimate of drug-likeness (QED) is 0.743. The van der Waals surface area contributed by atoms with Gasteiger partial charge in [-0.2, -0.15) is 0 Å². The summed E-state index contributed by atoms with van der Waals surface area (Å²) in [4.78, 5) is 23.7. The third-order valence-corrected chi connectivity index (χ3v) is 2.79. The molecule has 0 aliphatic heterocycles. The van der Waals surface area contributed by atoms with Crippen molar-refractivity contribution in [2.24, 2.45) is 0 Å². The van der Waals surface area contributed by atoms with E-state index in [-0.39, 0.29) is 12.5 Å². The average molecular weight is 264 g/mol. The number of unbranched alkanes of at least 4 members (excludes halogenated alkanes) is 2. The molecular weight excluding hydrogens is 244 g/mol. The smallest absolute Gasteiger partial charge is 0.321 e. The van der Waals surface area contributed by atoms with Crippen LogP contribution in [0.1, 0.15) is 25.7 Å². The molecule has 5 nitrogen and oxygen atoms in total. The Bertz CT molecular complexity index is 406. The number of benzene rings is 1. The Labute approximate surface area is 113 Å². The Morgan fingerprint density at radius 1 is 1.16 bits per heavy atom. The standard InChI is InChI=1S/C14H20N2O3/c1-16(12-8-4-2-5-9-12)14(19)15-11-7-3-6-10-13(17)18/h2,4-5,8-9H,3,6-7,10-11H2,1H3,(H,15,19)(H,17,18). The van der Waals surface area contributed by atoms with Gasteiger partial charge in [-0.15, -0.1) is 0 Å². The van der Waals surface area contributed by atoms with Crippen LogP contribution in [0.5, 0.6) is 0 Å². The first kappa shape index (κ1) is 15.0. The van der Waals surface area contributed by atoms with Crippen molar-refractivity contribution in [3.8, 4) is 0 Å².